The van der Waals surface area contributed by atoms with Crippen LogP contribution in [0.4, 0.5) is 0 Å². The number of nitrogens with zero attached hydrogens (tertiary/aromatic N) is 2. The first-order valence-corrected chi connectivity index (χ1v) is 6.14. The molecule has 0 spiro atoms. The SMILES string of the molecule is CC(CCCl)C(=O)N1CCN(C)CC1C.Cl. The molecule has 0 aliphatic carbocycles. The number of alkyl halides is 1. The van der Waals surface area contributed by atoms with Crippen LogP contribution in [0, 0.1) is 5.92 Å². The first kappa shape index (κ1) is 16.0. The molecule has 0 aromatic carbocycles. The van der Waals surface area contributed by atoms with Crippen molar-refractivity contribution in [2.75, 3.05) is 32.6 Å². The lowest BCUT2D eigenvalue weighted by Crippen LogP contribution is -2.54. The third-order valence-electron chi connectivity index (χ3n) is 3.08. The van der Waals surface area contributed by atoms with Gasteiger partial charge in [-0.1, -0.05) is 6.92 Å². The average molecular weight is 269 g/mol. The molecule has 1 saturated heterocycles. The van der Waals surface area contributed by atoms with Gasteiger partial charge >= 0.3 is 0 Å². The molecule has 1 heterocycles. The van der Waals surface area contributed by atoms with Crippen molar-refractivity contribution >= 4 is 29.9 Å². The second kappa shape index (κ2) is 7.36. The summed E-state index contributed by atoms with van der Waals surface area (Å²) in [5.41, 5.74) is 0. The Balaban J connectivity index is 0.00000225. The van der Waals surface area contributed by atoms with Crippen LogP contribution in [0.5, 0.6) is 0 Å². The van der Waals surface area contributed by atoms with Crippen LogP contribution >= 0.6 is 24.0 Å². The summed E-state index contributed by atoms with van der Waals surface area (Å²) >= 11 is 5.66. The van der Waals surface area contributed by atoms with E-state index in [4.69, 9.17) is 11.6 Å². The highest BCUT2D eigenvalue weighted by Gasteiger charge is 2.28. The predicted octanol–water partition coefficient (Wildman–Crippen LogP) is 1.84. The second-order valence-electron chi connectivity index (χ2n) is 4.52. The summed E-state index contributed by atoms with van der Waals surface area (Å²) in [6.45, 7) is 6.88. The number of piperazine rings is 1. The van der Waals surface area contributed by atoms with E-state index >= 15 is 0 Å². The van der Waals surface area contributed by atoms with Gasteiger partial charge in [0, 0.05) is 37.5 Å². The van der Waals surface area contributed by atoms with Crippen LogP contribution in [-0.4, -0.2) is 54.3 Å². The number of hydrogen-bond donors (Lipinski definition) is 0. The summed E-state index contributed by atoms with van der Waals surface area (Å²) in [7, 11) is 2.10. The zero-order valence-electron chi connectivity index (χ0n) is 10.3. The summed E-state index contributed by atoms with van der Waals surface area (Å²) < 4.78 is 0. The number of carbonyl (C=O) groups is 1. The Morgan fingerprint density at radius 1 is 1.50 bits per heavy atom. The fraction of sp³-hybridized carbons (Fsp3) is 0.909. The van der Waals surface area contributed by atoms with E-state index in [1.807, 2.05) is 11.8 Å². The van der Waals surface area contributed by atoms with Gasteiger partial charge in [-0.2, -0.15) is 0 Å². The normalized spacial score (nSPS) is 23.8. The Labute approximate surface area is 110 Å². The minimum Gasteiger partial charge on any atom is -0.337 e. The van der Waals surface area contributed by atoms with Gasteiger partial charge in [-0.15, -0.1) is 24.0 Å². The van der Waals surface area contributed by atoms with Crippen molar-refractivity contribution in [3.05, 3.63) is 0 Å². The number of halogens is 2. The van der Waals surface area contributed by atoms with Gasteiger partial charge in [0.1, 0.15) is 0 Å². The van der Waals surface area contributed by atoms with Crippen LogP contribution in [0.2, 0.25) is 0 Å². The smallest absolute Gasteiger partial charge is 0.225 e. The summed E-state index contributed by atoms with van der Waals surface area (Å²) in [4.78, 5) is 16.3. The highest BCUT2D eigenvalue weighted by atomic mass is 35.5. The van der Waals surface area contributed by atoms with Gasteiger partial charge in [0.15, 0.2) is 0 Å². The van der Waals surface area contributed by atoms with Crippen LogP contribution in [-0.2, 0) is 4.79 Å². The van der Waals surface area contributed by atoms with Gasteiger partial charge in [0.05, 0.1) is 0 Å². The van der Waals surface area contributed by atoms with Crippen molar-refractivity contribution in [1.82, 2.24) is 9.80 Å². The van der Waals surface area contributed by atoms with Crippen LogP contribution in [0.15, 0.2) is 0 Å². The molecule has 1 rings (SSSR count). The Kier molecular flexibility index (Phi) is 7.36. The van der Waals surface area contributed by atoms with Crippen LogP contribution in [0.25, 0.3) is 0 Å². The van der Waals surface area contributed by atoms with E-state index in [9.17, 15) is 4.79 Å². The van der Waals surface area contributed by atoms with Crippen LogP contribution < -0.4 is 0 Å². The molecule has 5 heteroatoms. The molecule has 0 aromatic rings. The standard InChI is InChI=1S/C11H21ClN2O.ClH/c1-9(4-5-12)11(15)14-7-6-13(3)8-10(14)2;/h9-10H,4-8H2,1-3H3;1H. The lowest BCUT2D eigenvalue weighted by molar-refractivity contribution is -0.139. The van der Waals surface area contributed by atoms with Crippen molar-refractivity contribution in [3.8, 4) is 0 Å². The Bertz CT molecular complexity index is 226. The molecule has 1 fully saturated rings. The fourth-order valence-electron chi connectivity index (χ4n) is 2.04. The molecule has 0 N–H and O–H groups in total. The molecule has 2 atom stereocenters. The zero-order chi connectivity index (χ0) is 11.4. The van der Waals surface area contributed by atoms with E-state index in [1.54, 1.807) is 0 Å². The highest BCUT2D eigenvalue weighted by Crippen LogP contribution is 2.14. The van der Waals surface area contributed by atoms with E-state index in [1.165, 1.54) is 0 Å². The maximum absolute atomic E-state index is 12.1. The van der Waals surface area contributed by atoms with Gasteiger partial charge in [-0.3, -0.25) is 4.79 Å². The van der Waals surface area contributed by atoms with E-state index in [0.717, 1.165) is 26.1 Å². The highest BCUT2D eigenvalue weighted by molar-refractivity contribution is 6.18. The Hall–Kier alpha value is 0.01000. The molecular formula is C11H22Cl2N2O. The molecule has 0 radical (unpaired) electrons. The first-order chi connectivity index (χ1) is 7.06. The van der Waals surface area contributed by atoms with E-state index in [-0.39, 0.29) is 24.2 Å². The first-order valence-electron chi connectivity index (χ1n) is 5.61. The van der Waals surface area contributed by atoms with Crippen molar-refractivity contribution in [1.29, 1.82) is 0 Å². The molecule has 96 valence electrons. The van der Waals surface area contributed by atoms with Crippen molar-refractivity contribution in [3.63, 3.8) is 0 Å². The summed E-state index contributed by atoms with van der Waals surface area (Å²) in [6, 6.07) is 0.328. The second-order valence-corrected chi connectivity index (χ2v) is 4.90. The lowest BCUT2D eigenvalue weighted by atomic mass is 10.1. The molecule has 1 aliphatic rings. The molecule has 2 unspecified atom stereocenters. The number of carbonyl (C=O) groups excluding carboxylic acids is 1. The molecule has 0 bridgehead atoms. The summed E-state index contributed by atoms with van der Waals surface area (Å²) in [5.74, 6) is 0.888. The minimum absolute atomic E-state index is 0. The number of rotatable bonds is 3. The van der Waals surface area contributed by atoms with E-state index < -0.39 is 0 Å². The quantitative estimate of drug-likeness (QED) is 0.730. The molecule has 1 amide bonds. The van der Waals surface area contributed by atoms with Crippen molar-refractivity contribution < 1.29 is 4.79 Å². The largest absolute Gasteiger partial charge is 0.337 e. The van der Waals surface area contributed by atoms with Crippen LogP contribution in [0.3, 0.4) is 0 Å². The van der Waals surface area contributed by atoms with Crippen molar-refractivity contribution in [2.45, 2.75) is 26.3 Å². The maximum atomic E-state index is 12.1. The van der Waals surface area contributed by atoms with Gasteiger partial charge < -0.3 is 9.80 Å². The summed E-state index contributed by atoms with van der Waals surface area (Å²) in [5, 5.41) is 0. The molecule has 16 heavy (non-hydrogen) atoms. The number of likely N-dealkylation sites (N-methyl/N-ethyl adjacent to an activating group) is 1. The van der Waals surface area contributed by atoms with E-state index in [2.05, 4.69) is 18.9 Å². The number of amides is 1. The topological polar surface area (TPSA) is 23.6 Å². The van der Waals surface area contributed by atoms with Gasteiger partial charge in [0.2, 0.25) is 5.91 Å². The molecule has 1 aliphatic heterocycles. The minimum atomic E-state index is 0. The summed E-state index contributed by atoms with van der Waals surface area (Å²) in [6.07, 6.45) is 0.777. The third kappa shape index (κ3) is 4.11. The third-order valence-corrected chi connectivity index (χ3v) is 3.30. The molecule has 3 nitrogen and oxygen atoms in total. The molecular weight excluding hydrogens is 247 g/mol. The Morgan fingerprint density at radius 3 is 2.62 bits per heavy atom. The van der Waals surface area contributed by atoms with Crippen molar-refractivity contribution in [2.24, 2.45) is 5.92 Å². The van der Waals surface area contributed by atoms with Crippen LogP contribution in [0.1, 0.15) is 20.3 Å². The van der Waals surface area contributed by atoms with Gasteiger partial charge in [-0.05, 0) is 20.4 Å². The predicted molar refractivity (Wildman–Crippen MR) is 70.4 cm³/mol. The average Bonchev–Trinajstić information content (AvgIpc) is 2.17. The molecule has 0 aromatic heterocycles. The maximum Gasteiger partial charge on any atom is 0.225 e. The van der Waals surface area contributed by atoms with Gasteiger partial charge in [-0.25, -0.2) is 0 Å². The molecule has 0 saturated carbocycles. The van der Waals surface area contributed by atoms with E-state index in [0.29, 0.717) is 11.9 Å². The van der Waals surface area contributed by atoms with Gasteiger partial charge in [0.25, 0.3) is 0 Å². The number of hydrogen-bond acceptors (Lipinski definition) is 2. The monoisotopic (exact) mass is 268 g/mol. The lowest BCUT2D eigenvalue weighted by Gasteiger charge is -2.39. The fourth-order valence-corrected chi connectivity index (χ4v) is 2.36. The Morgan fingerprint density at radius 2 is 2.12 bits per heavy atom. The zero-order valence-corrected chi connectivity index (χ0v) is 11.9.